The average molecular weight is 388 g/mol. The van der Waals surface area contributed by atoms with Crippen molar-refractivity contribution in [3.8, 4) is 0 Å². The fourth-order valence-electron chi connectivity index (χ4n) is 1.38. The number of amides is 2. The highest BCUT2D eigenvalue weighted by molar-refractivity contribution is 9.10. The number of benzene rings is 1. The average Bonchev–Trinajstić information content (AvgIpc) is 2.50. The summed E-state index contributed by atoms with van der Waals surface area (Å²) in [6, 6.07) is 3.71. The van der Waals surface area contributed by atoms with Crippen molar-refractivity contribution < 1.29 is 24.0 Å². The van der Waals surface area contributed by atoms with Crippen LogP contribution in [0.3, 0.4) is 0 Å². The maximum absolute atomic E-state index is 11.8. The van der Waals surface area contributed by atoms with Crippen molar-refractivity contribution >= 4 is 39.4 Å². The van der Waals surface area contributed by atoms with Crippen LogP contribution < -0.4 is 5.32 Å². The van der Waals surface area contributed by atoms with Crippen molar-refractivity contribution in [2.24, 2.45) is 0 Å². The lowest BCUT2D eigenvalue weighted by Gasteiger charge is -2.11. The summed E-state index contributed by atoms with van der Waals surface area (Å²) in [5.41, 5.74) is -0.349. The van der Waals surface area contributed by atoms with Gasteiger partial charge in [-0.15, -0.1) is 0 Å². The molecular weight excluding hydrogens is 374 g/mol. The molecule has 0 fully saturated rings. The molecule has 124 valence electrons. The molecule has 0 unspecified atom stereocenters. The third-order valence-electron chi connectivity index (χ3n) is 2.65. The largest absolute Gasteiger partial charge is 0.452 e. The van der Waals surface area contributed by atoms with E-state index in [0.717, 1.165) is 6.07 Å². The third kappa shape index (κ3) is 5.66. The Morgan fingerprint density at radius 2 is 2.00 bits per heavy atom. The van der Waals surface area contributed by atoms with Crippen molar-refractivity contribution in [2.75, 3.05) is 27.2 Å². The molecule has 23 heavy (non-hydrogen) atoms. The summed E-state index contributed by atoms with van der Waals surface area (Å²) < 4.78 is 4.96. The SMILES string of the molecule is CN(C)C(=O)CNC(=O)COC(=O)c1ccc(Br)c([N+](=O)[O-])c1. The van der Waals surface area contributed by atoms with Crippen LogP contribution in [-0.2, 0) is 14.3 Å². The number of nitrogens with one attached hydrogen (secondary N) is 1. The van der Waals surface area contributed by atoms with Crippen LogP contribution in [0, 0.1) is 10.1 Å². The van der Waals surface area contributed by atoms with Gasteiger partial charge in [0, 0.05) is 20.2 Å². The fraction of sp³-hybridized carbons (Fsp3) is 0.308. The van der Waals surface area contributed by atoms with Crippen LogP contribution in [0.4, 0.5) is 5.69 Å². The number of hydrogen-bond donors (Lipinski definition) is 1. The van der Waals surface area contributed by atoms with Gasteiger partial charge in [-0.3, -0.25) is 19.7 Å². The Morgan fingerprint density at radius 1 is 1.35 bits per heavy atom. The first kappa shape index (κ1) is 18.6. The van der Waals surface area contributed by atoms with Crippen LogP contribution >= 0.6 is 15.9 Å². The molecule has 9 nitrogen and oxygen atoms in total. The molecule has 0 aliphatic rings. The van der Waals surface area contributed by atoms with E-state index < -0.39 is 23.4 Å². The van der Waals surface area contributed by atoms with Gasteiger partial charge >= 0.3 is 5.97 Å². The second-order valence-corrected chi connectivity index (χ2v) is 5.42. The summed E-state index contributed by atoms with van der Waals surface area (Å²) in [4.78, 5) is 45.9. The molecule has 0 bridgehead atoms. The number of nitrogens with zero attached hydrogens (tertiary/aromatic N) is 2. The molecule has 2 amide bonds. The van der Waals surface area contributed by atoms with E-state index in [-0.39, 0.29) is 28.2 Å². The van der Waals surface area contributed by atoms with E-state index in [9.17, 15) is 24.5 Å². The van der Waals surface area contributed by atoms with Gasteiger partial charge in [0.15, 0.2) is 6.61 Å². The molecule has 0 saturated heterocycles. The van der Waals surface area contributed by atoms with E-state index in [1.807, 2.05) is 0 Å². The number of nitro groups is 1. The summed E-state index contributed by atoms with van der Waals surface area (Å²) in [6.45, 7) is -0.809. The summed E-state index contributed by atoms with van der Waals surface area (Å²) >= 11 is 2.99. The molecule has 1 N–H and O–H groups in total. The molecule has 0 aromatic heterocycles. The van der Waals surface area contributed by atoms with E-state index in [1.54, 1.807) is 0 Å². The highest BCUT2D eigenvalue weighted by Crippen LogP contribution is 2.25. The van der Waals surface area contributed by atoms with Gasteiger partial charge in [0.1, 0.15) is 0 Å². The van der Waals surface area contributed by atoms with Crippen molar-refractivity contribution in [3.63, 3.8) is 0 Å². The van der Waals surface area contributed by atoms with Gasteiger partial charge in [0.2, 0.25) is 5.91 Å². The Labute approximate surface area is 139 Å². The minimum Gasteiger partial charge on any atom is -0.452 e. The quantitative estimate of drug-likeness (QED) is 0.436. The minimum atomic E-state index is -0.880. The highest BCUT2D eigenvalue weighted by Gasteiger charge is 2.17. The van der Waals surface area contributed by atoms with Crippen molar-refractivity contribution in [3.05, 3.63) is 38.3 Å². The minimum absolute atomic E-state index is 0.0583. The maximum Gasteiger partial charge on any atom is 0.338 e. The Kier molecular flexibility index (Phi) is 6.64. The molecule has 0 aliphatic heterocycles. The molecule has 0 aliphatic carbocycles. The molecular formula is C13H14BrN3O6. The number of nitro benzene ring substituents is 1. The van der Waals surface area contributed by atoms with Crippen LogP contribution in [0.5, 0.6) is 0 Å². The number of halogens is 1. The van der Waals surface area contributed by atoms with Gasteiger partial charge in [-0.05, 0) is 28.1 Å². The molecule has 0 saturated carbocycles. The van der Waals surface area contributed by atoms with Crippen molar-refractivity contribution in [2.45, 2.75) is 0 Å². The number of hydrogen-bond acceptors (Lipinski definition) is 6. The third-order valence-corrected chi connectivity index (χ3v) is 3.32. The highest BCUT2D eigenvalue weighted by atomic mass is 79.9. The van der Waals surface area contributed by atoms with Gasteiger partial charge < -0.3 is 15.0 Å². The zero-order valence-corrected chi connectivity index (χ0v) is 14.0. The first-order valence-corrected chi connectivity index (χ1v) is 7.09. The Bertz CT molecular complexity index is 647. The summed E-state index contributed by atoms with van der Waals surface area (Å²) in [6.07, 6.45) is 0. The van der Waals surface area contributed by atoms with Gasteiger partial charge in [-0.25, -0.2) is 4.79 Å². The van der Waals surface area contributed by atoms with E-state index >= 15 is 0 Å². The second kappa shape index (κ2) is 8.22. The lowest BCUT2D eigenvalue weighted by Crippen LogP contribution is -2.38. The van der Waals surface area contributed by atoms with Crippen molar-refractivity contribution in [1.82, 2.24) is 10.2 Å². The zero-order valence-electron chi connectivity index (χ0n) is 12.4. The summed E-state index contributed by atoms with van der Waals surface area (Å²) in [5.74, 6) is -1.84. The Morgan fingerprint density at radius 3 is 2.57 bits per heavy atom. The fourth-order valence-corrected chi connectivity index (χ4v) is 1.77. The molecule has 0 radical (unpaired) electrons. The normalized spacial score (nSPS) is 9.87. The topological polar surface area (TPSA) is 119 Å². The van der Waals surface area contributed by atoms with E-state index in [2.05, 4.69) is 21.2 Å². The monoisotopic (exact) mass is 387 g/mol. The van der Waals surface area contributed by atoms with E-state index in [0.29, 0.717) is 0 Å². The predicted molar refractivity (Wildman–Crippen MR) is 82.8 cm³/mol. The van der Waals surface area contributed by atoms with Gasteiger partial charge in [0.25, 0.3) is 11.6 Å². The lowest BCUT2D eigenvalue weighted by atomic mass is 10.2. The number of ether oxygens (including phenoxy) is 1. The second-order valence-electron chi connectivity index (χ2n) is 4.56. The molecule has 1 aromatic carbocycles. The molecule has 0 atom stereocenters. The maximum atomic E-state index is 11.8. The van der Waals surface area contributed by atoms with E-state index in [4.69, 9.17) is 4.74 Å². The lowest BCUT2D eigenvalue weighted by molar-refractivity contribution is -0.385. The number of likely N-dealkylation sites (N-methyl/N-ethyl adjacent to an activating group) is 1. The predicted octanol–water partition coefficient (Wildman–Crippen LogP) is 0.719. The van der Waals surface area contributed by atoms with E-state index in [1.165, 1.54) is 31.1 Å². The van der Waals surface area contributed by atoms with Crippen molar-refractivity contribution in [1.29, 1.82) is 0 Å². The molecule has 0 heterocycles. The van der Waals surface area contributed by atoms with Gasteiger partial charge in [-0.2, -0.15) is 0 Å². The first-order chi connectivity index (χ1) is 10.7. The molecule has 1 aromatic rings. The summed E-state index contributed by atoms with van der Waals surface area (Å²) in [5, 5.41) is 13.1. The number of carbonyl (C=O) groups is 3. The van der Waals surface area contributed by atoms with Crippen LogP contribution in [0.15, 0.2) is 22.7 Å². The zero-order chi connectivity index (χ0) is 17.6. The van der Waals surface area contributed by atoms with Crippen LogP contribution in [0.1, 0.15) is 10.4 Å². The smallest absolute Gasteiger partial charge is 0.338 e. The van der Waals surface area contributed by atoms with Crippen LogP contribution in [0.2, 0.25) is 0 Å². The number of esters is 1. The molecule has 0 spiro atoms. The van der Waals surface area contributed by atoms with Crippen LogP contribution in [0.25, 0.3) is 0 Å². The van der Waals surface area contributed by atoms with Crippen LogP contribution in [-0.4, -0.2) is 54.9 Å². The number of carbonyl (C=O) groups excluding carboxylic acids is 3. The Balaban J connectivity index is 2.57. The van der Waals surface area contributed by atoms with Gasteiger partial charge in [-0.1, -0.05) is 0 Å². The molecule has 10 heteroatoms. The number of rotatable bonds is 6. The summed E-state index contributed by atoms with van der Waals surface area (Å²) in [7, 11) is 3.07. The Hall–Kier alpha value is -2.49. The first-order valence-electron chi connectivity index (χ1n) is 6.30. The van der Waals surface area contributed by atoms with Gasteiger partial charge in [0.05, 0.1) is 21.5 Å². The standard InChI is InChI=1S/C13H14BrN3O6/c1-16(2)12(19)6-15-11(18)7-23-13(20)8-3-4-9(14)10(5-8)17(21)22/h3-5H,6-7H2,1-2H3,(H,15,18). The molecule has 1 rings (SSSR count).